The van der Waals surface area contributed by atoms with Gasteiger partial charge in [-0.3, -0.25) is 4.90 Å². The van der Waals surface area contributed by atoms with Crippen molar-refractivity contribution in [2.24, 2.45) is 0 Å². The van der Waals surface area contributed by atoms with Gasteiger partial charge in [0.05, 0.1) is 12.6 Å². The molecule has 0 fully saturated rings. The first kappa shape index (κ1) is 15.3. The summed E-state index contributed by atoms with van der Waals surface area (Å²) in [6.07, 6.45) is 0.279. The Labute approximate surface area is 128 Å². The fourth-order valence-electron chi connectivity index (χ4n) is 2.11. The lowest BCUT2D eigenvalue weighted by molar-refractivity contribution is 0.145. The molecule has 0 radical (unpaired) electrons. The molecule has 108 valence electrons. The molecule has 1 atom stereocenters. The normalized spacial score (nSPS) is 12.8. The molecule has 1 aromatic carbocycles. The molecule has 0 spiro atoms. The van der Waals surface area contributed by atoms with Gasteiger partial charge in [-0.2, -0.15) is 0 Å². The minimum Gasteiger partial charge on any atom is -0.465 e. The zero-order valence-corrected chi connectivity index (χ0v) is 13.4. The highest BCUT2D eigenvalue weighted by molar-refractivity contribution is 9.10. The van der Waals surface area contributed by atoms with Crippen molar-refractivity contribution >= 4 is 15.9 Å². The highest BCUT2D eigenvalue weighted by atomic mass is 79.9. The quantitative estimate of drug-likeness (QED) is 0.868. The van der Waals surface area contributed by atoms with Gasteiger partial charge in [-0.1, -0.05) is 28.1 Å². The lowest BCUT2D eigenvalue weighted by Crippen LogP contribution is -2.20. The maximum absolute atomic E-state index is 10.2. The fourth-order valence-corrected chi connectivity index (χ4v) is 2.37. The number of halogens is 1. The van der Waals surface area contributed by atoms with E-state index in [4.69, 9.17) is 4.42 Å². The number of aliphatic hydroxyl groups excluding tert-OH is 1. The molecule has 0 saturated heterocycles. The van der Waals surface area contributed by atoms with Crippen molar-refractivity contribution in [3.63, 3.8) is 0 Å². The summed E-state index contributed by atoms with van der Waals surface area (Å²) < 4.78 is 6.58. The van der Waals surface area contributed by atoms with Gasteiger partial charge in [0.1, 0.15) is 11.5 Å². The van der Waals surface area contributed by atoms with Crippen molar-refractivity contribution in [2.45, 2.75) is 26.0 Å². The van der Waals surface area contributed by atoms with Gasteiger partial charge >= 0.3 is 0 Å². The molecule has 2 rings (SSSR count). The third-order valence-corrected chi connectivity index (χ3v) is 3.79. The fraction of sp³-hybridized carbons (Fsp3) is 0.375. The maximum atomic E-state index is 10.2. The second-order valence-electron chi connectivity index (χ2n) is 5.11. The number of nitrogens with zero attached hydrogens (tertiary/aromatic N) is 1. The van der Waals surface area contributed by atoms with E-state index >= 15 is 0 Å². The monoisotopic (exact) mass is 337 g/mol. The van der Waals surface area contributed by atoms with Gasteiger partial charge < -0.3 is 9.52 Å². The Morgan fingerprint density at radius 1 is 1.20 bits per heavy atom. The van der Waals surface area contributed by atoms with Crippen molar-refractivity contribution in [3.05, 3.63) is 58.0 Å². The molecular formula is C16H20BrNO2. The lowest BCUT2D eigenvalue weighted by Gasteiger charge is -2.18. The van der Waals surface area contributed by atoms with Crippen LogP contribution in [0.2, 0.25) is 0 Å². The molecule has 0 amide bonds. The molecule has 0 aliphatic rings. The third kappa shape index (κ3) is 4.47. The molecule has 1 N–H and O–H groups in total. The van der Waals surface area contributed by atoms with Gasteiger partial charge in [-0.15, -0.1) is 0 Å². The van der Waals surface area contributed by atoms with E-state index in [1.54, 1.807) is 0 Å². The molecule has 3 nitrogen and oxygen atoms in total. The van der Waals surface area contributed by atoms with Crippen LogP contribution in [0.15, 0.2) is 45.3 Å². The van der Waals surface area contributed by atoms with E-state index in [0.29, 0.717) is 6.42 Å². The summed E-state index contributed by atoms with van der Waals surface area (Å²) in [6.45, 7) is 3.53. The topological polar surface area (TPSA) is 36.6 Å². The van der Waals surface area contributed by atoms with Gasteiger partial charge in [-0.05, 0) is 50.2 Å². The van der Waals surface area contributed by atoms with Crippen LogP contribution in [0.3, 0.4) is 0 Å². The highest BCUT2D eigenvalue weighted by Crippen LogP contribution is 2.20. The van der Waals surface area contributed by atoms with Crippen LogP contribution in [0.1, 0.15) is 29.6 Å². The number of hydrogen-bond donors (Lipinski definition) is 1. The Morgan fingerprint density at radius 3 is 2.50 bits per heavy atom. The van der Waals surface area contributed by atoms with E-state index in [9.17, 15) is 5.11 Å². The maximum Gasteiger partial charge on any atom is 0.118 e. The Bertz CT molecular complexity index is 536. The Kier molecular flexibility index (Phi) is 5.40. The van der Waals surface area contributed by atoms with Crippen LogP contribution in [0.25, 0.3) is 0 Å². The van der Waals surface area contributed by atoms with E-state index in [1.165, 1.54) is 0 Å². The highest BCUT2D eigenvalue weighted by Gasteiger charge is 2.10. The number of hydrogen-bond acceptors (Lipinski definition) is 3. The number of rotatable bonds is 6. The zero-order valence-electron chi connectivity index (χ0n) is 11.8. The van der Waals surface area contributed by atoms with Crippen LogP contribution in [0.4, 0.5) is 0 Å². The molecule has 2 aromatic rings. The van der Waals surface area contributed by atoms with Crippen molar-refractivity contribution in [3.8, 4) is 0 Å². The second-order valence-corrected chi connectivity index (χ2v) is 6.02. The lowest BCUT2D eigenvalue weighted by atomic mass is 10.1. The molecule has 0 bridgehead atoms. The molecule has 0 saturated carbocycles. The van der Waals surface area contributed by atoms with E-state index in [-0.39, 0.29) is 0 Å². The van der Waals surface area contributed by atoms with Crippen LogP contribution >= 0.6 is 15.9 Å². The second kappa shape index (κ2) is 7.07. The predicted molar refractivity (Wildman–Crippen MR) is 83.5 cm³/mol. The summed E-state index contributed by atoms with van der Waals surface area (Å²) in [4.78, 5) is 2.15. The van der Waals surface area contributed by atoms with Crippen molar-refractivity contribution in [1.29, 1.82) is 0 Å². The average molecular weight is 338 g/mol. The van der Waals surface area contributed by atoms with Crippen LogP contribution in [-0.4, -0.2) is 23.6 Å². The SMILES string of the molecule is Cc1ccc(CN(C)CCC(O)c2ccc(Br)cc2)o1. The first-order chi connectivity index (χ1) is 9.54. The molecular weight excluding hydrogens is 318 g/mol. The molecule has 0 aliphatic heterocycles. The van der Waals surface area contributed by atoms with Gasteiger partial charge in [0.2, 0.25) is 0 Å². The van der Waals surface area contributed by atoms with E-state index in [0.717, 1.165) is 34.6 Å². The van der Waals surface area contributed by atoms with E-state index in [2.05, 4.69) is 20.8 Å². The van der Waals surface area contributed by atoms with Crippen molar-refractivity contribution in [2.75, 3.05) is 13.6 Å². The third-order valence-electron chi connectivity index (χ3n) is 3.26. The summed E-state index contributed by atoms with van der Waals surface area (Å²) in [5.74, 6) is 1.89. The molecule has 1 heterocycles. The Morgan fingerprint density at radius 2 is 1.90 bits per heavy atom. The molecule has 1 unspecified atom stereocenters. The van der Waals surface area contributed by atoms with Crippen molar-refractivity contribution < 1.29 is 9.52 Å². The number of benzene rings is 1. The summed E-state index contributed by atoms with van der Waals surface area (Å²) in [5.41, 5.74) is 0.954. The minimum absolute atomic E-state index is 0.427. The van der Waals surface area contributed by atoms with Gasteiger partial charge in [0, 0.05) is 11.0 Å². The summed E-state index contributed by atoms with van der Waals surface area (Å²) >= 11 is 3.40. The smallest absolute Gasteiger partial charge is 0.118 e. The average Bonchev–Trinajstić information content (AvgIpc) is 2.82. The van der Waals surface area contributed by atoms with Crippen LogP contribution < -0.4 is 0 Å². The summed E-state index contributed by atoms with van der Waals surface area (Å²) in [5, 5.41) is 10.2. The van der Waals surface area contributed by atoms with Gasteiger partial charge in [0.25, 0.3) is 0 Å². The molecule has 1 aromatic heterocycles. The standard InChI is InChI=1S/C16H20BrNO2/c1-12-3-8-15(20-12)11-18(2)10-9-16(19)13-4-6-14(17)7-5-13/h3-8,16,19H,9-11H2,1-2H3. The first-order valence-corrected chi connectivity index (χ1v) is 7.51. The van der Waals surface area contributed by atoms with E-state index in [1.807, 2.05) is 50.4 Å². The molecule has 0 aliphatic carbocycles. The minimum atomic E-state index is -0.427. The Hall–Kier alpha value is -1.10. The van der Waals surface area contributed by atoms with Gasteiger partial charge in [0.15, 0.2) is 0 Å². The first-order valence-electron chi connectivity index (χ1n) is 6.72. The molecule has 4 heteroatoms. The van der Waals surface area contributed by atoms with Crippen LogP contribution in [0.5, 0.6) is 0 Å². The number of aliphatic hydroxyl groups is 1. The Balaban J connectivity index is 1.80. The number of furan rings is 1. The molecule has 20 heavy (non-hydrogen) atoms. The largest absolute Gasteiger partial charge is 0.465 e. The zero-order chi connectivity index (χ0) is 14.5. The predicted octanol–water partition coefficient (Wildman–Crippen LogP) is 3.91. The number of aryl methyl sites for hydroxylation is 1. The summed E-state index contributed by atoms with van der Waals surface area (Å²) in [6, 6.07) is 11.8. The van der Waals surface area contributed by atoms with Crippen LogP contribution in [0, 0.1) is 6.92 Å². The van der Waals surface area contributed by atoms with Crippen LogP contribution in [-0.2, 0) is 6.54 Å². The summed E-state index contributed by atoms with van der Waals surface area (Å²) in [7, 11) is 2.03. The van der Waals surface area contributed by atoms with Crippen molar-refractivity contribution in [1.82, 2.24) is 4.90 Å². The van der Waals surface area contributed by atoms with Gasteiger partial charge in [-0.25, -0.2) is 0 Å². The van der Waals surface area contributed by atoms with E-state index < -0.39 is 6.10 Å².